The van der Waals surface area contributed by atoms with Crippen molar-refractivity contribution in [1.82, 2.24) is 9.38 Å². The summed E-state index contributed by atoms with van der Waals surface area (Å²) < 4.78 is 1.22. The average molecular weight is 205 g/mol. The van der Waals surface area contributed by atoms with Crippen LogP contribution in [-0.4, -0.2) is 20.5 Å². The molecule has 2 aromatic heterocycles. The van der Waals surface area contributed by atoms with E-state index in [0.717, 1.165) is 0 Å². The number of nitrogen functional groups attached to an aromatic ring is 1. The van der Waals surface area contributed by atoms with Crippen LogP contribution in [0, 0.1) is 0 Å². The Morgan fingerprint density at radius 1 is 1.47 bits per heavy atom. The second-order valence-electron chi connectivity index (χ2n) is 2.97. The maximum absolute atomic E-state index is 11.4. The van der Waals surface area contributed by atoms with Gasteiger partial charge >= 0.3 is 5.97 Å². The molecule has 0 atom stereocenters. The van der Waals surface area contributed by atoms with E-state index in [4.69, 9.17) is 10.8 Å². The highest BCUT2D eigenvalue weighted by atomic mass is 16.4. The van der Waals surface area contributed by atoms with Crippen molar-refractivity contribution in [3.63, 3.8) is 0 Å². The highest BCUT2D eigenvalue weighted by Gasteiger charge is 2.05. The predicted octanol–water partition coefficient (Wildman–Crippen LogP) is -0.0251. The molecule has 0 spiro atoms. The fourth-order valence-electron chi connectivity index (χ4n) is 1.25. The first-order chi connectivity index (χ1) is 7.08. The summed E-state index contributed by atoms with van der Waals surface area (Å²) in [5.41, 5.74) is 5.33. The number of carbonyl (C=O) groups is 1. The first-order valence-corrected chi connectivity index (χ1v) is 4.10. The number of nitrogens with zero attached hydrogens (tertiary/aromatic N) is 2. The zero-order valence-electron chi connectivity index (χ0n) is 7.54. The van der Waals surface area contributed by atoms with Gasteiger partial charge in [0.05, 0.1) is 5.56 Å². The lowest BCUT2D eigenvalue weighted by molar-refractivity contribution is 0.0697. The van der Waals surface area contributed by atoms with Crippen LogP contribution in [0.25, 0.3) is 5.65 Å². The third-order valence-corrected chi connectivity index (χ3v) is 1.93. The average Bonchev–Trinajstić information content (AvgIpc) is 2.16. The molecule has 15 heavy (non-hydrogen) atoms. The van der Waals surface area contributed by atoms with Crippen molar-refractivity contribution in [3.05, 3.63) is 40.3 Å². The molecule has 0 bridgehead atoms. The number of pyridine rings is 1. The van der Waals surface area contributed by atoms with Crippen molar-refractivity contribution in [2.45, 2.75) is 0 Å². The number of aromatic carboxylic acids is 1. The predicted molar refractivity (Wildman–Crippen MR) is 52.8 cm³/mol. The number of rotatable bonds is 1. The molecule has 0 aliphatic carbocycles. The second kappa shape index (κ2) is 3.09. The molecule has 0 fully saturated rings. The fraction of sp³-hybridized carbons (Fsp3) is 0. The van der Waals surface area contributed by atoms with Gasteiger partial charge in [0.25, 0.3) is 5.56 Å². The van der Waals surface area contributed by atoms with Crippen molar-refractivity contribution in [2.24, 2.45) is 0 Å². The number of nitrogens with two attached hydrogens (primary N) is 1. The topological polar surface area (TPSA) is 97.7 Å². The lowest BCUT2D eigenvalue weighted by Gasteiger charge is -2.01. The molecule has 3 N–H and O–H groups in total. The van der Waals surface area contributed by atoms with Crippen LogP contribution >= 0.6 is 0 Å². The van der Waals surface area contributed by atoms with E-state index >= 15 is 0 Å². The van der Waals surface area contributed by atoms with E-state index in [1.807, 2.05) is 0 Å². The van der Waals surface area contributed by atoms with Gasteiger partial charge in [-0.05, 0) is 12.1 Å². The van der Waals surface area contributed by atoms with Crippen LogP contribution in [0.3, 0.4) is 0 Å². The van der Waals surface area contributed by atoms with E-state index < -0.39 is 5.97 Å². The van der Waals surface area contributed by atoms with Gasteiger partial charge in [0.15, 0.2) is 0 Å². The Bertz CT molecular complexity index is 603. The molecule has 76 valence electrons. The van der Waals surface area contributed by atoms with E-state index in [2.05, 4.69) is 4.98 Å². The third kappa shape index (κ3) is 1.52. The van der Waals surface area contributed by atoms with Gasteiger partial charge in [-0.15, -0.1) is 0 Å². The molecule has 2 aromatic rings. The molecule has 0 aromatic carbocycles. The standard InChI is InChI=1S/C9H7N3O3/c10-6-4-8(13)12-2-1-5(9(14)15)3-7(12)11-6/h1-4H,10H2,(H,14,15). The first kappa shape index (κ1) is 9.20. The van der Waals surface area contributed by atoms with Crippen LogP contribution in [0.5, 0.6) is 0 Å². The van der Waals surface area contributed by atoms with Crippen molar-refractivity contribution in [3.8, 4) is 0 Å². The second-order valence-corrected chi connectivity index (χ2v) is 2.97. The lowest BCUT2D eigenvalue weighted by atomic mass is 10.2. The van der Waals surface area contributed by atoms with Crippen LogP contribution in [0.2, 0.25) is 0 Å². The zero-order valence-corrected chi connectivity index (χ0v) is 7.54. The molecule has 6 nitrogen and oxygen atoms in total. The minimum absolute atomic E-state index is 0.0625. The van der Waals surface area contributed by atoms with E-state index in [1.165, 1.54) is 28.8 Å². The van der Waals surface area contributed by atoms with Crippen molar-refractivity contribution < 1.29 is 9.90 Å². The molecular weight excluding hydrogens is 198 g/mol. The van der Waals surface area contributed by atoms with Gasteiger partial charge in [-0.1, -0.05) is 0 Å². The van der Waals surface area contributed by atoms with Crippen LogP contribution in [0.15, 0.2) is 29.2 Å². The Morgan fingerprint density at radius 3 is 2.87 bits per heavy atom. The number of hydrogen-bond donors (Lipinski definition) is 2. The highest BCUT2D eigenvalue weighted by molar-refractivity contribution is 5.88. The summed E-state index contributed by atoms with van der Waals surface area (Å²) in [6.07, 6.45) is 1.35. The smallest absolute Gasteiger partial charge is 0.335 e. The number of hydrogen-bond acceptors (Lipinski definition) is 4. The van der Waals surface area contributed by atoms with Gasteiger partial charge in [0.2, 0.25) is 0 Å². The molecule has 0 saturated carbocycles. The lowest BCUT2D eigenvalue weighted by Crippen LogP contribution is -2.15. The number of anilines is 1. The van der Waals surface area contributed by atoms with Gasteiger partial charge in [-0.3, -0.25) is 9.20 Å². The first-order valence-electron chi connectivity index (χ1n) is 4.10. The molecule has 0 radical (unpaired) electrons. The van der Waals surface area contributed by atoms with E-state index in [9.17, 15) is 9.59 Å². The monoisotopic (exact) mass is 205 g/mol. The van der Waals surface area contributed by atoms with E-state index in [-0.39, 0.29) is 22.6 Å². The number of fused-ring (bicyclic) bond motifs is 1. The largest absolute Gasteiger partial charge is 0.478 e. The number of aromatic nitrogens is 2. The quantitative estimate of drug-likeness (QED) is 0.681. The molecule has 2 rings (SSSR count). The summed E-state index contributed by atoms with van der Waals surface area (Å²) in [5, 5.41) is 8.74. The van der Waals surface area contributed by atoms with Crippen molar-refractivity contribution >= 4 is 17.4 Å². The van der Waals surface area contributed by atoms with Crippen LogP contribution in [0.1, 0.15) is 10.4 Å². The number of carboxylic acids is 1. The third-order valence-electron chi connectivity index (χ3n) is 1.93. The molecule has 0 saturated heterocycles. The summed E-state index contributed by atoms with van der Waals surface area (Å²) in [6.45, 7) is 0. The van der Waals surface area contributed by atoms with Crippen LogP contribution in [-0.2, 0) is 0 Å². The molecular formula is C9H7N3O3. The SMILES string of the molecule is Nc1cc(=O)n2ccc(C(=O)O)cc2n1. The van der Waals surface area contributed by atoms with Crippen molar-refractivity contribution in [1.29, 1.82) is 0 Å². The van der Waals surface area contributed by atoms with Crippen LogP contribution < -0.4 is 11.3 Å². The Kier molecular flexibility index (Phi) is 1.89. The zero-order chi connectivity index (χ0) is 11.0. The van der Waals surface area contributed by atoms with Gasteiger partial charge < -0.3 is 10.8 Å². The maximum Gasteiger partial charge on any atom is 0.335 e. The minimum atomic E-state index is -1.07. The van der Waals surface area contributed by atoms with Gasteiger partial charge in [0.1, 0.15) is 11.5 Å². The summed E-state index contributed by atoms with van der Waals surface area (Å²) in [4.78, 5) is 25.9. The fourth-order valence-corrected chi connectivity index (χ4v) is 1.25. The minimum Gasteiger partial charge on any atom is -0.478 e. The maximum atomic E-state index is 11.4. The van der Waals surface area contributed by atoms with E-state index in [1.54, 1.807) is 0 Å². The molecule has 0 aliphatic heterocycles. The highest BCUT2D eigenvalue weighted by Crippen LogP contribution is 2.04. The van der Waals surface area contributed by atoms with Crippen molar-refractivity contribution in [2.75, 3.05) is 5.73 Å². The summed E-state index contributed by atoms with van der Waals surface area (Å²) in [6, 6.07) is 3.79. The van der Waals surface area contributed by atoms with Gasteiger partial charge in [-0.2, -0.15) is 0 Å². The molecule has 2 heterocycles. The Morgan fingerprint density at radius 2 is 2.20 bits per heavy atom. The Labute approximate surface area is 83.6 Å². The molecule has 0 unspecified atom stereocenters. The summed E-state index contributed by atoms with van der Waals surface area (Å²) in [7, 11) is 0. The molecule has 6 heteroatoms. The van der Waals surface area contributed by atoms with Gasteiger partial charge in [0, 0.05) is 12.3 Å². The van der Waals surface area contributed by atoms with Crippen LogP contribution in [0.4, 0.5) is 5.82 Å². The Hall–Kier alpha value is -2.37. The normalized spacial score (nSPS) is 10.4. The van der Waals surface area contributed by atoms with Gasteiger partial charge in [-0.25, -0.2) is 9.78 Å². The number of carboxylic acid groups (broad SMARTS) is 1. The molecule has 0 amide bonds. The van der Waals surface area contributed by atoms with E-state index in [0.29, 0.717) is 0 Å². The molecule has 0 aliphatic rings. The summed E-state index contributed by atoms with van der Waals surface area (Å²) in [5.74, 6) is -1.00. The Balaban J connectivity index is 2.82. The summed E-state index contributed by atoms with van der Waals surface area (Å²) >= 11 is 0.